The molecule has 0 saturated carbocycles. The molecule has 0 aliphatic heterocycles. The Kier molecular flexibility index (Phi) is 5.98. The van der Waals surface area contributed by atoms with Crippen molar-refractivity contribution >= 4 is 73.4 Å². The Labute approximate surface area is 174 Å². The Balaban J connectivity index is 1.87. The number of carbonyl (C=O) groups is 1. The summed E-state index contributed by atoms with van der Waals surface area (Å²) in [6.07, 6.45) is 0. The van der Waals surface area contributed by atoms with Gasteiger partial charge >= 0.3 is 0 Å². The van der Waals surface area contributed by atoms with Crippen molar-refractivity contribution in [1.29, 1.82) is 0 Å². The average molecular weight is 462 g/mol. The molecule has 1 heterocycles. The molecule has 10 heteroatoms. The van der Waals surface area contributed by atoms with Gasteiger partial charge in [-0.1, -0.05) is 46.9 Å². The SMILES string of the molecule is O=C(Nc1ccc(Cl)c(Cl)c1)c1ccccc1NS(=O)(=O)c1ccc(Cl)s1. The summed E-state index contributed by atoms with van der Waals surface area (Å²) in [6.45, 7) is 0. The van der Waals surface area contributed by atoms with Crippen LogP contribution in [-0.2, 0) is 10.0 Å². The summed E-state index contributed by atoms with van der Waals surface area (Å²) in [5.74, 6) is -0.504. The fourth-order valence-electron chi connectivity index (χ4n) is 2.18. The normalized spacial score (nSPS) is 11.2. The van der Waals surface area contributed by atoms with E-state index in [1.165, 1.54) is 30.3 Å². The van der Waals surface area contributed by atoms with Crippen LogP contribution < -0.4 is 10.0 Å². The maximum absolute atomic E-state index is 12.6. The van der Waals surface area contributed by atoms with E-state index in [0.717, 1.165) is 11.3 Å². The first kappa shape index (κ1) is 20.0. The minimum absolute atomic E-state index is 0.0483. The van der Waals surface area contributed by atoms with Gasteiger partial charge in [0.2, 0.25) is 0 Å². The summed E-state index contributed by atoms with van der Waals surface area (Å²) in [5.41, 5.74) is 0.714. The van der Waals surface area contributed by atoms with E-state index in [1.54, 1.807) is 24.3 Å². The third-order valence-corrected chi connectivity index (χ3v) is 7.23. The van der Waals surface area contributed by atoms with Gasteiger partial charge in [-0.2, -0.15) is 0 Å². The number of hydrogen-bond donors (Lipinski definition) is 2. The molecule has 2 N–H and O–H groups in total. The van der Waals surface area contributed by atoms with E-state index in [2.05, 4.69) is 10.0 Å². The van der Waals surface area contributed by atoms with Crippen molar-refractivity contribution in [3.05, 3.63) is 74.5 Å². The van der Waals surface area contributed by atoms with Gasteiger partial charge in [0, 0.05) is 5.69 Å². The number of para-hydroxylation sites is 1. The fraction of sp³-hybridized carbons (Fsp3) is 0. The molecule has 0 atom stereocenters. The second-order valence-corrected chi connectivity index (χ2v) is 9.73. The smallest absolute Gasteiger partial charge is 0.271 e. The molecule has 27 heavy (non-hydrogen) atoms. The predicted molar refractivity (Wildman–Crippen MR) is 111 cm³/mol. The first-order chi connectivity index (χ1) is 12.8. The minimum atomic E-state index is -3.87. The fourth-order valence-corrected chi connectivity index (χ4v) is 5.04. The van der Waals surface area contributed by atoms with Gasteiger partial charge in [-0.15, -0.1) is 11.3 Å². The summed E-state index contributed by atoms with van der Waals surface area (Å²) in [7, 11) is -3.87. The molecule has 0 aliphatic rings. The quantitative estimate of drug-likeness (QED) is 0.507. The van der Waals surface area contributed by atoms with E-state index in [1.807, 2.05) is 0 Å². The third-order valence-electron chi connectivity index (χ3n) is 3.41. The van der Waals surface area contributed by atoms with Crippen LogP contribution in [0.5, 0.6) is 0 Å². The molecule has 3 rings (SSSR count). The van der Waals surface area contributed by atoms with Crippen LogP contribution in [0.2, 0.25) is 14.4 Å². The second kappa shape index (κ2) is 8.08. The highest BCUT2D eigenvalue weighted by molar-refractivity contribution is 7.94. The molecule has 3 aromatic rings. The second-order valence-electron chi connectivity index (χ2n) is 5.29. The maximum atomic E-state index is 12.6. The van der Waals surface area contributed by atoms with Crippen LogP contribution in [-0.4, -0.2) is 14.3 Å². The lowest BCUT2D eigenvalue weighted by atomic mass is 10.1. The van der Waals surface area contributed by atoms with Crippen molar-refractivity contribution in [2.24, 2.45) is 0 Å². The molecule has 140 valence electrons. The van der Waals surface area contributed by atoms with E-state index >= 15 is 0 Å². The highest BCUT2D eigenvalue weighted by Crippen LogP contribution is 2.29. The van der Waals surface area contributed by atoms with E-state index in [9.17, 15) is 13.2 Å². The van der Waals surface area contributed by atoms with Gasteiger partial charge in [0.25, 0.3) is 15.9 Å². The summed E-state index contributed by atoms with van der Waals surface area (Å²) >= 11 is 18.5. The van der Waals surface area contributed by atoms with Crippen LogP contribution >= 0.6 is 46.1 Å². The van der Waals surface area contributed by atoms with E-state index in [-0.39, 0.29) is 20.5 Å². The summed E-state index contributed by atoms with van der Waals surface area (Å²) in [4.78, 5) is 12.6. The summed E-state index contributed by atoms with van der Waals surface area (Å²) in [5, 5.41) is 3.31. The Morgan fingerprint density at radius 2 is 1.67 bits per heavy atom. The van der Waals surface area contributed by atoms with E-state index in [0.29, 0.717) is 15.0 Å². The number of halogens is 3. The number of carbonyl (C=O) groups excluding carboxylic acids is 1. The van der Waals surface area contributed by atoms with Crippen molar-refractivity contribution in [3.63, 3.8) is 0 Å². The number of anilines is 2. The highest BCUT2D eigenvalue weighted by atomic mass is 35.5. The Morgan fingerprint density at radius 1 is 0.926 bits per heavy atom. The lowest BCUT2D eigenvalue weighted by molar-refractivity contribution is 0.102. The zero-order valence-electron chi connectivity index (χ0n) is 13.4. The lowest BCUT2D eigenvalue weighted by Crippen LogP contribution is -2.18. The van der Waals surface area contributed by atoms with Crippen LogP contribution in [0.1, 0.15) is 10.4 Å². The molecule has 0 saturated heterocycles. The zero-order chi connectivity index (χ0) is 19.6. The number of benzene rings is 2. The van der Waals surface area contributed by atoms with E-state index < -0.39 is 15.9 Å². The minimum Gasteiger partial charge on any atom is -0.322 e. The van der Waals surface area contributed by atoms with Gasteiger partial charge in [-0.3, -0.25) is 9.52 Å². The first-order valence-electron chi connectivity index (χ1n) is 7.40. The van der Waals surface area contributed by atoms with Crippen molar-refractivity contribution in [2.75, 3.05) is 10.0 Å². The molecular weight excluding hydrogens is 451 g/mol. The molecule has 0 aliphatic carbocycles. The Bertz CT molecular complexity index is 1110. The number of nitrogens with one attached hydrogen (secondary N) is 2. The molecule has 0 unspecified atom stereocenters. The number of hydrogen-bond acceptors (Lipinski definition) is 4. The van der Waals surface area contributed by atoms with Gasteiger partial charge in [0.05, 0.1) is 25.6 Å². The van der Waals surface area contributed by atoms with Crippen LogP contribution in [0.15, 0.2) is 58.8 Å². The van der Waals surface area contributed by atoms with Gasteiger partial charge in [-0.25, -0.2) is 8.42 Å². The van der Waals surface area contributed by atoms with Crippen molar-refractivity contribution < 1.29 is 13.2 Å². The molecule has 0 fully saturated rings. The molecule has 0 radical (unpaired) electrons. The number of rotatable bonds is 5. The summed E-state index contributed by atoms with van der Waals surface area (Å²) in [6, 6.07) is 13.8. The zero-order valence-corrected chi connectivity index (χ0v) is 17.3. The number of thiophene rings is 1. The van der Waals surface area contributed by atoms with Gasteiger partial charge in [0.1, 0.15) is 4.21 Å². The summed E-state index contributed by atoms with van der Waals surface area (Å²) < 4.78 is 27.8. The Hall–Kier alpha value is -1.77. The molecule has 1 aromatic heterocycles. The van der Waals surface area contributed by atoms with Crippen LogP contribution in [0.4, 0.5) is 11.4 Å². The topological polar surface area (TPSA) is 75.3 Å². The molecule has 5 nitrogen and oxygen atoms in total. The number of sulfonamides is 1. The molecule has 0 spiro atoms. The lowest BCUT2D eigenvalue weighted by Gasteiger charge is -2.12. The third kappa shape index (κ3) is 4.75. The first-order valence-corrected chi connectivity index (χ1v) is 10.8. The van der Waals surface area contributed by atoms with Crippen LogP contribution in [0, 0.1) is 0 Å². The molecule has 2 aromatic carbocycles. The van der Waals surface area contributed by atoms with Gasteiger partial charge in [0.15, 0.2) is 0 Å². The van der Waals surface area contributed by atoms with Crippen LogP contribution in [0.3, 0.4) is 0 Å². The monoisotopic (exact) mass is 460 g/mol. The average Bonchev–Trinajstić information content (AvgIpc) is 3.06. The van der Waals surface area contributed by atoms with Crippen molar-refractivity contribution in [1.82, 2.24) is 0 Å². The van der Waals surface area contributed by atoms with Crippen LogP contribution in [0.25, 0.3) is 0 Å². The van der Waals surface area contributed by atoms with Crippen molar-refractivity contribution in [3.8, 4) is 0 Å². The molecule has 0 bridgehead atoms. The highest BCUT2D eigenvalue weighted by Gasteiger charge is 2.20. The Morgan fingerprint density at radius 3 is 2.33 bits per heavy atom. The van der Waals surface area contributed by atoms with Gasteiger partial charge < -0.3 is 5.32 Å². The van der Waals surface area contributed by atoms with E-state index in [4.69, 9.17) is 34.8 Å². The maximum Gasteiger partial charge on any atom is 0.271 e. The molecular formula is C17H11Cl3N2O3S2. The standard InChI is InChI=1S/C17H11Cl3N2O3S2/c18-12-6-5-10(9-13(12)19)21-17(23)11-3-1-2-4-14(11)22-27(24,25)16-8-7-15(20)26-16/h1-9,22H,(H,21,23). The number of amides is 1. The van der Waals surface area contributed by atoms with Crippen molar-refractivity contribution in [2.45, 2.75) is 4.21 Å². The van der Waals surface area contributed by atoms with Gasteiger partial charge in [-0.05, 0) is 42.5 Å². The molecule has 1 amide bonds. The largest absolute Gasteiger partial charge is 0.322 e. The predicted octanol–water partition coefficient (Wildman–Crippen LogP) is 5.76.